The largest absolute Gasteiger partial charge is 0.317 e. The molecule has 20 heavy (non-hydrogen) atoms. The molecule has 0 spiro atoms. The van der Waals surface area contributed by atoms with Crippen molar-refractivity contribution in [1.29, 1.82) is 0 Å². The lowest BCUT2D eigenvalue weighted by Crippen LogP contribution is -2.28. The van der Waals surface area contributed by atoms with Gasteiger partial charge in [0.2, 0.25) is 0 Å². The number of pyridine rings is 1. The summed E-state index contributed by atoms with van der Waals surface area (Å²) >= 11 is 0. The van der Waals surface area contributed by atoms with Gasteiger partial charge in [0.15, 0.2) is 0 Å². The Morgan fingerprint density at radius 2 is 2.05 bits per heavy atom. The van der Waals surface area contributed by atoms with Gasteiger partial charge in [0, 0.05) is 17.9 Å². The quantitative estimate of drug-likeness (QED) is 0.877. The number of aromatic nitrogens is 1. The zero-order valence-electron chi connectivity index (χ0n) is 11.4. The topological polar surface area (TPSA) is 24.9 Å². The van der Waals surface area contributed by atoms with Gasteiger partial charge in [-0.2, -0.15) is 0 Å². The van der Waals surface area contributed by atoms with Gasteiger partial charge in [-0.25, -0.2) is 8.78 Å². The second-order valence-electron chi connectivity index (χ2n) is 4.79. The molecule has 4 heteroatoms. The molecule has 1 N–H and O–H groups in total. The molecule has 0 aliphatic heterocycles. The molecule has 2 nitrogen and oxygen atoms in total. The van der Waals surface area contributed by atoms with Crippen LogP contribution in [0.25, 0.3) is 0 Å². The number of nitrogens with one attached hydrogen (secondary N) is 1. The third-order valence-corrected chi connectivity index (χ3v) is 3.36. The third kappa shape index (κ3) is 4.10. The van der Waals surface area contributed by atoms with E-state index < -0.39 is 5.82 Å². The SMILES string of the molecule is CNC(CCc1ccccn1)Cc1cc(F)ccc1F. The van der Waals surface area contributed by atoms with Crippen molar-refractivity contribution < 1.29 is 8.78 Å². The van der Waals surface area contributed by atoms with Crippen LogP contribution in [0.3, 0.4) is 0 Å². The van der Waals surface area contributed by atoms with Crippen molar-refractivity contribution in [3.63, 3.8) is 0 Å². The molecule has 0 bridgehead atoms. The van der Waals surface area contributed by atoms with Crippen LogP contribution in [-0.4, -0.2) is 18.1 Å². The van der Waals surface area contributed by atoms with Gasteiger partial charge >= 0.3 is 0 Å². The van der Waals surface area contributed by atoms with E-state index in [4.69, 9.17) is 0 Å². The van der Waals surface area contributed by atoms with Crippen molar-refractivity contribution in [1.82, 2.24) is 10.3 Å². The molecule has 1 aromatic carbocycles. The predicted octanol–water partition coefficient (Wildman–Crippen LogP) is 3.12. The van der Waals surface area contributed by atoms with Gasteiger partial charge in [0.1, 0.15) is 11.6 Å². The van der Waals surface area contributed by atoms with Crippen LogP contribution >= 0.6 is 0 Å². The van der Waals surface area contributed by atoms with Crippen LogP contribution in [0.2, 0.25) is 0 Å². The number of benzene rings is 1. The van der Waals surface area contributed by atoms with Crippen molar-refractivity contribution >= 4 is 0 Å². The van der Waals surface area contributed by atoms with E-state index >= 15 is 0 Å². The summed E-state index contributed by atoms with van der Waals surface area (Å²) in [6, 6.07) is 9.46. The van der Waals surface area contributed by atoms with Crippen LogP contribution < -0.4 is 5.32 Å². The molecule has 0 saturated heterocycles. The monoisotopic (exact) mass is 276 g/mol. The number of likely N-dealkylation sites (N-methyl/N-ethyl adjacent to an activating group) is 1. The fourth-order valence-corrected chi connectivity index (χ4v) is 2.18. The van der Waals surface area contributed by atoms with Crippen LogP contribution in [0.1, 0.15) is 17.7 Å². The second-order valence-corrected chi connectivity index (χ2v) is 4.79. The van der Waals surface area contributed by atoms with E-state index in [1.165, 1.54) is 12.1 Å². The maximum atomic E-state index is 13.6. The molecule has 1 heterocycles. The molecule has 1 unspecified atom stereocenters. The van der Waals surface area contributed by atoms with Gasteiger partial charge in [-0.1, -0.05) is 6.07 Å². The summed E-state index contributed by atoms with van der Waals surface area (Å²) < 4.78 is 26.8. The molecular weight excluding hydrogens is 258 g/mol. The first-order chi connectivity index (χ1) is 9.69. The average molecular weight is 276 g/mol. The summed E-state index contributed by atoms with van der Waals surface area (Å²) in [4.78, 5) is 4.26. The summed E-state index contributed by atoms with van der Waals surface area (Å²) in [5.74, 6) is -0.759. The Labute approximate surface area is 117 Å². The van der Waals surface area contributed by atoms with E-state index in [0.29, 0.717) is 12.0 Å². The van der Waals surface area contributed by atoms with E-state index in [9.17, 15) is 8.78 Å². The Bertz CT molecular complexity index is 543. The molecule has 1 atom stereocenters. The average Bonchev–Trinajstić information content (AvgIpc) is 2.48. The maximum absolute atomic E-state index is 13.6. The molecule has 0 aliphatic rings. The van der Waals surface area contributed by atoms with Gasteiger partial charge in [0.05, 0.1) is 0 Å². The fraction of sp³-hybridized carbons (Fsp3) is 0.312. The Kier molecular flexibility index (Phi) is 5.18. The first-order valence-electron chi connectivity index (χ1n) is 6.70. The molecular formula is C16H18F2N2. The van der Waals surface area contributed by atoms with Crippen molar-refractivity contribution in [2.24, 2.45) is 0 Å². The van der Waals surface area contributed by atoms with Gasteiger partial charge in [0.25, 0.3) is 0 Å². The first-order valence-corrected chi connectivity index (χ1v) is 6.70. The third-order valence-electron chi connectivity index (χ3n) is 3.36. The lowest BCUT2D eigenvalue weighted by Gasteiger charge is -2.16. The fourth-order valence-electron chi connectivity index (χ4n) is 2.18. The standard InChI is InChI=1S/C16H18F2N2/c1-19-15(7-6-14-4-2-3-9-20-14)11-12-10-13(17)5-8-16(12)18/h2-5,8-10,15,19H,6-7,11H2,1H3. The second kappa shape index (κ2) is 7.10. The molecule has 2 rings (SSSR count). The maximum Gasteiger partial charge on any atom is 0.126 e. The summed E-state index contributed by atoms with van der Waals surface area (Å²) in [7, 11) is 1.83. The Hall–Kier alpha value is -1.81. The van der Waals surface area contributed by atoms with E-state index in [1.54, 1.807) is 6.20 Å². The van der Waals surface area contributed by atoms with Crippen LogP contribution in [0.5, 0.6) is 0 Å². The summed E-state index contributed by atoms with van der Waals surface area (Å²) in [5, 5.41) is 3.15. The molecule has 2 aromatic rings. The van der Waals surface area contributed by atoms with Crippen molar-refractivity contribution in [2.45, 2.75) is 25.3 Å². The van der Waals surface area contributed by atoms with Crippen LogP contribution in [0, 0.1) is 11.6 Å². The molecule has 0 saturated carbocycles. The highest BCUT2D eigenvalue weighted by molar-refractivity contribution is 5.20. The molecule has 0 aliphatic carbocycles. The summed E-state index contributed by atoms with van der Waals surface area (Å²) in [5.41, 5.74) is 1.41. The van der Waals surface area contributed by atoms with Gasteiger partial charge < -0.3 is 5.32 Å². The van der Waals surface area contributed by atoms with Gasteiger partial charge in [-0.3, -0.25) is 4.98 Å². The minimum absolute atomic E-state index is 0.0910. The normalized spacial score (nSPS) is 12.3. The van der Waals surface area contributed by atoms with Crippen molar-refractivity contribution in [2.75, 3.05) is 7.05 Å². The Morgan fingerprint density at radius 1 is 1.20 bits per heavy atom. The molecule has 0 radical (unpaired) electrons. The lowest BCUT2D eigenvalue weighted by atomic mass is 10.0. The predicted molar refractivity (Wildman–Crippen MR) is 75.5 cm³/mol. The zero-order valence-corrected chi connectivity index (χ0v) is 11.4. The van der Waals surface area contributed by atoms with E-state index in [-0.39, 0.29) is 11.9 Å². The molecule has 0 amide bonds. The highest BCUT2D eigenvalue weighted by Crippen LogP contribution is 2.14. The van der Waals surface area contributed by atoms with Crippen LogP contribution in [-0.2, 0) is 12.8 Å². The lowest BCUT2D eigenvalue weighted by molar-refractivity contribution is 0.498. The van der Waals surface area contributed by atoms with Crippen LogP contribution in [0.15, 0.2) is 42.6 Å². The minimum atomic E-state index is -0.402. The zero-order chi connectivity index (χ0) is 14.4. The smallest absolute Gasteiger partial charge is 0.126 e. The first kappa shape index (κ1) is 14.6. The highest BCUT2D eigenvalue weighted by atomic mass is 19.1. The van der Waals surface area contributed by atoms with Gasteiger partial charge in [-0.05, 0) is 62.2 Å². The minimum Gasteiger partial charge on any atom is -0.317 e. The number of halogens is 2. The number of hydrogen-bond donors (Lipinski definition) is 1. The number of nitrogens with zero attached hydrogens (tertiary/aromatic N) is 1. The number of hydrogen-bond acceptors (Lipinski definition) is 2. The summed E-state index contributed by atoms with van der Waals surface area (Å²) in [6.45, 7) is 0. The number of rotatable bonds is 6. The van der Waals surface area contributed by atoms with Crippen LogP contribution in [0.4, 0.5) is 8.78 Å². The van der Waals surface area contributed by atoms with Crippen molar-refractivity contribution in [3.05, 3.63) is 65.5 Å². The highest BCUT2D eigenvalue weighted by Gasteiger charge is 2.12. The molecule has 0 fully saturated rings. The van der Waals surface area contributed by atoms with Gasteiger partial charge in [-0.15, -0.1) is 0 Å². The Balaban J connectivity index is 1.97. The van der Waals surface area contributed by atoms with Crippen molar-refractivity contribution in [3.8, 4) is 0 Å². The van der Waals surface area contributed by atoms with E-state index in [2.05, 4.69) is 10.3 Å². The molecule has 106 valence electrons. The summed E-state index contributed by atoms with van der Waals surface area (Å²) in [6.07, 6.45) is 3.86. The van der Waals surface area contributed by atoms with E-state index in [0.717, 1.165) is 24.6 Å². The number of aryl methyl sites for hydroxylation is 1. The Morgan fingerprint density at radius 3 is 2.75 bits per heavy atom. The molecule has 1 aromatic heterocycles. The van der Waals surface area contributed by atoms with E-state index in [1.807, 2.05) is 25.2 Å².